The van der Waals surface area contributed by atoms with Crippen LogP contribution in [0.15, 0.2) is 29.3 Å². The third kappa shape index (κ3) is 5.64. The maximum Gasteiger partial charge on any atom is 0.194 e. The zero-order valence-corrected chi connectivity index (χ0v) is 17.9. The van der Waals surface area contributed by atoms with Gasteiger partial charge in [0.15, 0.2) is 5.96 Å². The summed E-state index contributed by atoms with van der Waals surface area (Å²) in [6.45, 7) is 8.27. The van der Waals surface area contributed by atoms with Crippen molar-refractivity contribution in [3.8, 4) is 5.75 Å². The molecular formula is C19H31IN4O2. The molecule has 1 aromatic carbocycles. The predicted octanol–water partition coefficient (Wildman–Crippen LogP) is 2.67. The molecule has 1 atom stereocenters. The number of nitrogens with zero attached hydrogens (tertiary/aromatic N) is 3. The lowest BCUT2D eigenvalue weighted by Gasteiger charge is -2.37. The summed E-state index contributed by atoms with van der Waals surface area (Å²) in [5.74, 6) is 1.35. The Kier molecular flexibility index (Phi) is 8.77. The number of piperazine rings is 1. The van der Waals surface area contributed by atoms with E-state index in [9.17, 15) is 5.11 Å². The molecular weight excluding hydrogens is 443 g/mol. The predicted molar refractivity (Wildman–Crippen MR) is 117 cm³/mol. The van der Waals surface area contributed by atoms with Crippen LogP contribution in [-0.4, -0.2) is 67.9 Å². The van der Waals surface area contributed by atoms with Crippen molar-refractivity contribution in [3.05, 3.63) is 24.3 Å². The summed E-state index contributed by atoms with van der Waals surface area (Å²) in [4.78, 5) is 9.35. The van der Waals surface area contributed by atoms with Crippen molar-refractivity contribution in [3.63, 3.8) is 0 Å². The lowest BCUT2D eigenvalue weighted by atomic mass is 10.2. The molecule has 0 spiro atoms. The average Bonchev–Trinajstić information content (AvgIpc) is 3.15. The zero-order chi connectivity index (χ0) is 17.5. The topological polar surface area (TPSA) is 60.3 Å². The van der Waals surface area contributed by atoms with Gasteiger partial charge in [-0.1, -0.05) is 12.1 Å². The highest BCUT2D eigenvalue weighted by atomic mass is 127. The minimum absolute atomic E-state index is 0. The van der Waals surface area contributed by atoms with Gasteiger partial charge in [-0.2, -0.15) is 0 Å². The average molecular weight is 474 g/mol. The van der Waals surface area contributed by atoms with Gasteiger partial charge in [0.1, 0.15) is 5.75 Å². The molecule has 2 N–H and O–H groups in total. The molecule has 0 saturated carbocycles. The Morgan fingerprint density at radius 1 is 1.27 bits per heavy atom. The molecule has 1 unspecified atom stereocenters. The van der Waals surface area contributed by atoms with Crippen LogP contribution in [0.3, 0.4) is 0 Å². The highest BCUT2D eigenvalue weighted by Crippen LogP contribution is 2.27. The molecule has 3 rings (SSSR count). The quantitative estimate of drug-likeness (QED) is 0.391. The fourth-order valence-corrected chi connectivity index (χ4v) is 3.50. The summed E-state index contributed by atoms with van der Waals surface area (Å²) in [6.07, 6.45) is 3.75. The molecule has 2 fully saturated rings. The number of halogens is 1. The number of phenols is 1. The number of para-hydroxylation sites is 2. The Bertz CT molecular complexity index is 570. The maximum absolute atomic E-state index is 10.0. The van der Waals surface area contributed by atoms with Gasteiger partial charge in [0.2, 0.25) is 0 Å². The standard InChI is InChI=1S/C19H30N4O2.HI/c1-2-20-19(21-10-9-16-6-5-15-25-16)23-13-11-22(12-14-23)17-7-3-4-8-18(17)24;/h3-4,7-8,16,24H,2,5-6,9-15H2,1H3,(H,20,21);1H. The monoisotopic (exact) mass is 474 g/mol. The number of hydrogen-bond donors (Lipinski definition) is 2. The van der Waals surface area contributed by atoms with E-state index in [1.165, 1.54) is 12.8 Å². The number of nitrogens with one attached hydrogen (secondary N) is 1. The Morgan fingerprint density at radius 2 is 2.04 bits per heavy atom. The number of guanidine groups is 1. The third-order valence-corrected chi connectivity index (χ3v) is 4.87. The second-order valence-corrected chi connectivity index (χ2v) is 6.62. The van der Waals surface area contributed by atoms with Crippen LogP contribution >= 0.6 is 24.0 Å². The second-order valence-electron chi connectivity index (χ2n) is 6.62. The molecule has 0 aliphatic carbocycles. The van der Waals surface area contributed by atoms with E-state index in [2.05, 4.69) is 22.0 Å². The van der Waals surface area contributed by atoms with E-state index in [0.29, 0.717) is 11.9 Å². The number of phenolic OH excluding ortho intramolecular Hbond substituents is 1. The first-order chi connectivity index (χ1) is 12.3. The Hall–Kier alpha value is -1.22. The molecule has 2 saturated heterocycles. The summed E-state index contributed by atoms with van der Waals surface area (Å²) in [7, 11) is 0. The highest BCUT2D eigenvalue weighted by Gasteiger charge is 2.21. The van der Waals surface area contributed by atoms with Crippen molar-refractivity contribution in [1.82, 2.24) is 10.2 Å². The van der Waals surface area contributed by atoms with Crippen molar-refractivity contribution in [2.45, 2.75) is 32.3 Å². The molecule has 6 nitrogen and oxygen atoms in total. The first kappa shape index (κ1) is 21.1. The lowest BCUT2D eigenvalue weighted by molar-refractivity contribution is 0.106. The molecule has 0 aromatic heterocycles. The summed E-state index contributed by atoms with van der Waals surface area (Å²) >= 11 is 0. The van der Waals surface area contributed by atoms with Crippen LogP contribution < -0.4 is 10.2 Å². The van der Waals surface area contributed by atoms with Gasteiger partial charge in [-0.25, -0.2) is 0 Å². The van der Waals surface area contributed by atoms with Crippen molar-refractivity contribution in [1.29, 1.82) is 0 Å². The Labute approximate surface area is 173 Å². The number of anilines is 1. The first-order valence-electron chi connectivity index (χ1n) is 9.45. The molecule has 146 valence electrons. The summed E-state index contributed by atoms with van der Waals surface area (Å²) in [5, 5.41) is 13.4. The number of benzene rings is 1. The fourth-order valence-electron chi connectivity index (χ4n) is 3.50. The molecule has 1 aromatic rings. The highest BCUT2D eigenvalue weighted by molar-refractivity contribution is 14.0. The third-order valence-electron chi connectivity index (χ3n) is 4.87. The smallest absolute Gasteiger partial charge is 0.194 e. The molecule has 0 radical (unpaired) electrons. The lowest BCUT2D eigenvalue weighted by Crippen LogP contribution is -2.52. The summed E-state index contributed by atoms with van der Waals surface area (Å²) < 4.78 is 5.68. The number of ether oxygens (including phenoxy) is 1. The largest absolute Gasteiger partial charge is 0.506 e. The number of hydrogen-bond acceptors (Lipinski definition) is 4. The minimum atomic E-state index is 0. The molecule has 2 aliphatic heterocycles. The van der Waals surface area contributed by atoms with Crippen LogP contribution in [0, 0.1) is 0 Å². The van der Waals surface area contributed by atoms with Gasteiger partial charge >= 0.3 is 0 Å². The zero-order valence-electron chi connectivity index (χ0n) is 15.6. The molecule has 0 amide bonds. The first-order valence-corrected chi connectivity index (χ1v) is 9.45. The van der Waals surface area contributed by atoms with E-state index < -0.39 is 0 Å². The maximum atomic E-state index is 10.0. The van der Waals surface area contributed by atoms with E-state index in [1.54, 1.807) is 6.07 Å². The van der Waals surface area contributed by atoms with Gasteiger partial charge in [0.25, 0.3) is 0 Å². The molecule has 0 bridgehead atoms. The van der Waals surface area contributed by atoms with Gasteiger partial charge in [-0.15, -0.1) is 24.0 Å². The summed E-state index contributed by atoms with van der Waals surface area (Å²) in [5.41, 5.74) is 0.919. The van der Waals surface area contributed by atoms with E-state index in [4.69, 9.17) is 9.73 Å². The van der Waals surface area contributed by atoms with Crippen LogP contribution in [0.4, 0.5) is 5.69 Å². The van der Waals surface area contributed by atoms with Crippen LogP contribution in [0.5, 0.6) is 5.75 Å². The van der Waals surface area contributed by atoms with Crippen LogP contribution in [0.2, 0.25) is 0 Å². The van der Waals surface area contributed by atoms with E-state index >= 15 is 0 Å². The Balaban J connectivity index is 0.00000243. The SMILES string of the molecule is CCNC(=NCCC1CCCO1)N1CCN(c2ccccc2O)CC1.I. The van der Waals surface area contributed by atoms with Crippen molar-refractivity contribution >= 4 is 35.6 Å². The van der Waals surface area contributed by atoms with Crippen LogP contribution in [0.1, 0.15) is 26.2 Å². The molecule has 2 aliphatic rings. The van der Waals surface area contributed by atoms with Crippen molar-refractivity contribution < 1.29 is 9.84 Å². The summed E-state index contributed by atoms with van der Waals surface area (Å²) in [6, 6.07) is 7.56. The van der Waals surface area contributed by atoms with E-state index in [1.807, 2.05) is 18.2 Å². The molecule has 26 heavy (non-hydrogen) atoms. The fraction of sp³-hybridized carbons (Fsp3) is 0.632. The number of aromatic hydroxyl groups is 1. The van der Waals surface area contributed by atoms with Gasteiger partial charge in [0, 0.05) is 45.9 Å². The number of aliphatic imine (C=N–C) groups is 1. The van der Waals surface area contributed by atoms with Crippen LogP contribution in [-0.2, 0) is 4.74 Å². The molecule has 7 heteroatoms. The van der Waals surface area contributed by atoms with Crippen molar-refractivity contribution in [2.75, 3.05) is 50.8 Å². The van der Waals surface area contributed by atoms with E-state index in [-0.39, 0.29) is 24.0 Å². The van der Waals surface area contributed by atoms with Gasteiger partial charge in [0.05, 0.1) is 11.8 Å². The normalized spacial score (nSPS) is 20.8. The van der Waals surface area contributed by atoms with Crippen LogP contribution in [0.25, 0.3) is 0 Å². The van der Waals surface area contributed by atoms with Gasteiger partial charge < -0.3 is 25.0 Å². The van der Waals surface area contributed by atoms with Gasteiger partial charge in [-0.05, 0) is 38.3 Å². The van der Waals surface area contributed by atoms with Gasteiger partial charge in [-0.3, -0.25) is 4.99 Å². The molecule has 2 heterocycles. The Morgan fingerprint density at radius 3 is 2.69 bits per heavy atom. The minimum Gasteiger partial charge on any atom is -0.506 e. The van der Waals surface area contributed by atoms with E-state index in [0.717, 1.165) is 63.9 Å². The van der Waals surface area contributed by atoms with Crippen molar-refractivity contribution in [2.24, 2.45) is 4.99 Å². The second kappa shape index (κ2) is 10.8. The number of rotatable bonds is 5.